The van der Waals surface area contributed by atoms with Crippen molar-refractivity contribution in [1.29, 1.82) is 0 Å². The van der Waals surface area contributed by atoms with Gasteiger partial charge in [-0.2, -0.15) is 0 Å². The first-order valence-electron chi connectivity index (χ1n) is 8.60. The molecule has 2 rings (SSSR count). The Labute approximate surface area is 174 Å². The molecule has 7 heteroatoms. The van der Waals surface area contributed by atoms with Gasteiger partial charge >= 0.3 is 5.97 Å². The van der Waals surface area contributed by atoms with E-state index in [0.29, 0.717) is 10.6 Å². The van der Waals surface area contributed by atoms with Crippen molar-refractivity contribution in [3.8, 4) is 0 Å². The smallest absolute Gasteiger partial charge is 0.325 e. The maximum atomic E-state index is 12.1. The number of amides is 1. The van der Waals surface area contributed by atoms with E-state index in [1.54, 1.807) is 12.1 Å². The molecular formula is C21H21Cl2NO4. The molecule has 0 aromatic heterocycles. The molecule has 0 unspecified atom stereocenters. The zero-order valence-electron chi connectivity index (χ0n) is 15.8. The maximum absolute atomic E-state index is 12.1. The number of Topliss-reactive ketones (excluding diaryl/α,β-unsaturated/α-hetero) is 1. The quantitative estimate of drug-likeness (QED) is 0.552. The fraction of sp³-hybridized carbons (Fsp3) is 0.286. The van der Waals surface area contributed by atoms with Crippen LogP contribution in [0.3, 0.4) is 0 Å². The molecule has 5 nitrogen and oxygen atoms in total. The first-order chi connectivity index (χ1) is 13.1. The number of ketones is 1. The third-order valence-corrected chi connectivity index (χ3v) is 4.55. The lowest BCUT2D eigenvalue weighted by molar-refractivity contribution is -0.141. The number of carbonyl (C=O) groups is 3. The number of hydrogen-bond acceptors (Lipinski definition) is 4. The van der Waals surface area contributed by atoms with Crippen molar-refractivity contribution in [1.82, 2.24) is 5.32 Å². The minimum Gasteiger partial charge on any atom is -0.456 e. The van der Waals surface area contributed by atoms with Crippen molar-refractivity contribution in [3.05, 3.63) is 69.2 Å². The highest BCUT2D eigenvalue weighted by molar-refractivity contribution is 6.36. The molecule has 2 aromatic rings. The highest BCUT2D eigenvalue weighted by Gasteiger charge is 2.16. The van der Waals surface area contributed by atoms with E-state index in [9.17, 15) is 14.4 Å². The molecule has 1 amide bonds. The third-order valence-electron chi connectivity index (χ3n) is 4.00. The number of halogens is 2. The number of benzene rings is 2. The molecule has 0 atom stereocenters. The first-order valence-corrected chi connectivity index (χ1v) is 9.36. The van der Waals surface area contributed by atoms with Gasteiger partial charge < -0.3 is 10.1 Å². The summed E-state index contributed by atoms with van der Waals surface area (Å²) in [5, 5.41) is 3.05. The van der Waals surface area contributed by atoms with Gasteiger partial charge in [-0.05, 0) is 41.3 Å². The minimum absolute atomic E-state index is 0.0155. The van der Waals surface area contributed by atoms with Gasteiger partial charge in [0.2, 0.25) is 5.78 Å². The van der Waals surface area contributed by atoms with Crippen molar-refractivity contribution in [2.24, 2.45) is 0 Å². The summed E-state index contributed by atoms with van der Waals surface area (Å²) < 4.78 is 4.90. The summed E-state index contributed by atoms with van der Waals surface area (Å²) in [7, 11) is 0. The second-order valence-electron chi connectivity index (χ2n) is 7.22. The molecule has 0 saturated carbocycles. The van der Waals surface area contributed by atoms with E-state index in [1.165, 1.54) is 18.2 Å². The van der Waals surface area contributed by atoms with Crippen LogP contribution in [0, 0.1) is 0 Å². The van der Waals surface area contributed by atoms with E-state index in [-0.39, 0.29) is 22.5 Å². The number of esters is 1. The SMILES string of the molecule is CC(C)(C)c1ccc(C(=O)NCC(=O)OCC(=O)c2ccc(Cl)cc2Cl)cc1. The average Bonchev–Trinajstić information content (AvgIpc) is 2.63. The number of ether oxygens (including phenoxy) is 1. The largest absolute Gasteiger partial charge is 0.456 e. The third kappa shape index (κ3) is 6.08. The summed E-state index contributed by atoms with van der Waals surface area (Å²) in [6, 6.07) is 11.6. The van der Waals surface area contributed by atoms with Crippen molar-refractivity contribution in [3.63, 3.8) is 0 Å². The molecule has 0 radical (unpaired) electrons. The van der Waals surface area contributed by atoms with Gasteiger partial charge in [-0.25, -0.2) is 0 Å². The van der Waals surface area contributed by atoms with Crippen LogP contribution in [0.5, 0.6) is 0 Å². The first kappa shape index (κ1) is 21.9. The van der Waals surface area contributed by atoms with Crippen LogP contribution >= 0.6 is 23.2 Å². The van der Waals surface area contributed by atoms with Crippen LogP contribution in [0.2, 0.25) is 10.0 Å². The summed E-state index contributed by atoms with van der Waals surface area (Å²) >= 11 is 11.7. The molecule has 0 aliphatic heterocycles. The molecule has 0 bridgehead atoms. The second kappa shape index (κ2) is 9.22. The Bertz CT molecular complexity index is 886. The predicted molar refractivity (Wildman–Crippen MR) is 109 cm³/mol. The van der Waals surface area contributed by atoms with Crippen LogP contribution < -0.4 is 5.32 Å². The van der Waals surface area contributed by atoms with Crippen LogP contribution in [0.25, 0.3) is 0 Å². The van der Waals surface area contributed by atoms with Crippen molar-refractivity contribution >= 4 is 40.9 Å². The molecule has 2 aromatic carbocycles. The minimum atomic E-state index is -0.724. The zero-order valence-corrected chi connectivity index (χ0v) is 17.4. The van der Waals surface area contributed by atoms with Crippen LogP contribution in [0.1, 0.15) is 47.1 Å². The Balaban J connectivity index is 1.83. The summed E-state index contributed by atoms with van der Waals surface area (Å²) in [5.74, 6) is -1.58. The van der Waals surface area contributed by atoms with E-state index in [0.717, 1.165) is 5.56 Å². The second-order valence-corrected chi connectivity index (χ2v) is 8.06. The van der Waals surface area contributed by atoms with Crippen LogP contribution in [0.15, 0.2) is 42.5 Å². The van der Waals surface area contributed by atoms with Gasteiger partial charge in [0.1, 0.15) is 6.54 Å². The van der Waals surface area contributed by atoms with E-state index >= 15 is 0 Å². The van der Waals surface area contributed by atoms with E-state index in [4.69, 9.17) is 27.9 Å². The van der Waals surface area contributed by atoms with Crippen LogP contribution in [-0.2, 0) is 14.9 Å². The average molecular weight is 422 g/mol. The fourth-order valence-electron chi connectivity index (χ4n) is 2.37. The molecule has 0 spiro atoms. The predicted octanol–water partition coefficient (Wildman–Crippen LogP) is 4.45. The monoisotopic (exact) mass is 421 g/mol. The summed E-state index contributed by atoms with van der Waals surface area (Å²) in [6.45, 7) is 5.42. The lowest BCUT2D eigenvalue weighted by Gasteiger charge is -2.19. The van der Waals surface area contributed by atoms with Crippen molar-refractivity contribution in [2.75, 3.05) is 13.2 Å². The highest BCUT2D eigenvalue weighted by atomic mass is 35.5. The summed E-state index contributed by atoms with van der Waals surface area (Å²) in [5.41, 5.74) is 1.73. The Morgan fingerprint density at radius 2 is 1.64 bits per heavy atom. The van der Waals surface area contributed by atoms with Crippen molar-refractivity contribution < 1.29 is 19.1 Å². The summed E-state index contributed by atoms with van der Waals surface area (Å²) in [4.78, 5) is 36.0. The Morgan fingerprint density at radius 3 is 2.21 bits per heavy atom. The van der Waals surface area contributed by atoms with Gasteiger partial charge in [-0.3, -0.25) is 14.4 Å². The number of hydrogen-bond donors (Lipinski definition) is 1. The van der Waals surface area contributed by atoms with E-state index in [2.05, 4.69) is 26.1 Å². The standard InChI is InChI=1S/C21H21Cl2NO4/c1-21(2,3)14-6-4-13(5-7-14)20(27)24-11-19(26)28-12-18(25)16-9-8-15(22)10-17(16)23/h4-10H,11-12H2,1-3H3,(H,24,27). The van der Waals surface area contributed by atoms with Crippen molar-refractivity contribution in [2.45, 2.75) is 26.2 Å². The lowest BCUT2D eigenvalue weighted by atomic mass is 9.87. The van der Waals surface area contributed by atoms with Crippen LogP contribution in [0.4, 0.5) is 0 Å². The molecule has 0 aliphatic carbocycles. The van der Waals surface area contributed by atoms with Crippen LogP contribution in [-0.4, -0.2) is 30.8 Å². The number of rotatable bonds is 6. The maximum Gasteiger partial charge on any atom is 0.325 e. The highest BCUT2D eigenvalue weighted by Crippen LogP contribution is 2.22. The Kier molecular flexibility index (Phi) is 7.22. The Morgan fingerprint density at radius 1 is 1.00 bits per heavy atom. The molecular weight excluding hydrogens is 401 g/mol. The summed E-state index contributed by atoms with van der Waals surface area (Å²) in [6.07, 6.45) is 0. The van der Waals surface area contributed by atoms with E-state index in [1.807, 2.05) is 12.1 Å². The normalized spacial score (nSPS) is 11.0. The molecule has 0 heterocycles. The molecule has 0 saturated heterocycles. The van der Waals surface area contributed by atoms with Gasteiger partial charge in [0.25, 0.3) is 5.91 Å². The number of carbonyl (C=O) groups excluding carboxylic acids is 3. The molecule has 28 heavy (non-hydrogen) atoms. The van der Waals surface area contributed by atoms with Gasteiger partial charge in [0.05, 0.1) is 5.02 Å². The zero-order chi connectivity index (χ0) is 20.9. The van der Waals surface area contributed by atoms with Gasteiger partial charge in [0.15, 0.2) is 6.61 Å². The Hall–Kier alpha value is -2.37. The number of nitrogens with one attached hydrogen (secondary N) is 1. The molecule has 0 aliphatic rings. The lowest BCUT2D eigenvalue weighted by Crippen LogP contribution is -2.31. The van der Waals surface area contributed by atoms with Gasteiger partial charge in [0, 0.05) is 16.1 Å². The van der Waals surface area contributed by atoms with E-state index < -0.39 is 24.3 Å². The molecule has 148 valence electrons. The fourth-order valence-corrected chi connectivity index (χ4v) is 2.88. The van der Waals surface area contributed by atoms with Gasteiger partial charge in [-0.1, -0.05) is 56.1 Å². The van der Waals surface area contributed by atoms with Gasteiger partial charge in [-0.15, -0.1) is 0 Å². The topological polar surface area (TPSA) is 72.5 Å². The molecule has 0 fully saturated rings. The molecule has 1 N–H and O–H groups in total.